The highest BCUT2D eigenvalue weighted by molar-refractivity contribution is 6.00. The molecule has 1 atom stereocenters. The third-order valence-electron chi connectivity index (χ3n) is 5.69. The van der Waals surface area contributed by atoms with Crippen LogP contribution in [0.4, 0.5) is 21.8 Å². The Kier molecular flexibility index (Phi) is 6.01. The van der Waals surface area contributed by atoms with Gasteiger partial charge in [0.25, 0.3) is 0 Å². The lowest BCUT2D eigenvalue weighted by Gasteiger charge is -2.36. The predicted octanol–water partition coefficient (Wildman–Crippen LogP) is 2.06. The van der Waals surface area contributed by atoms with Crippen molar-refractivity contribution in [2.75, 3.05) is 54.4 Å². The number of anilines is 3. The van der Waals surface area contributed by atoms with Gasteiger partial charge in [-0.3, -0.25) is 9.59 Å². The van der Waals surface area contributed by atoms with Crippen LogP contribution in [0.3, 0.4) is 0 Å². The minimum absolute atomic E-state index is 0.00360. The van der Waals surface area contributed by atoms with Crippen molar-refractivity contribution in [2.24, 2.45) is 5.92 Å². The summed E-state index contributed by atoms with van der Waals surface area (Å²) in [6, 6.07) is 7.71. The molecule has 31 heavy (non-hydrogen) atoms. The summed E-state index contributed by atoms with van der Waals surface area (Å²) in [5.41, 5.74) is 1.52. The number of carbonyl (C=O) groups is 2. The van der Waals surface area contributed by atoms with Crippen LogP contribution in [0.2, 0.25) is 0 Å². The molecule has 2 aromatic rings. The maximum absolute atomic E-state index is 13.2. The molecular weight excluding hydrogens is 399 g/mol. The highest BCUT2D eigenvalue weighted by atomic mass is 19.1. The Morgan fingerprint density at radius 1 is 1.16 bits per heavy atom. The molecule has 1 unspecified atom stereocenters. The van der Waals surface area contributed by atoms with Crippen LogP contribution in [-0.2, 0) is 9.59 Å². The SMILES string of the molecule is CCNc1cc(C)nc(N2CCN(C(=O)C3CC(=O)N(c4ccc(F)cc4)C3)CC2)n1. The van der Waals surface area contributed by atoms with Gasteiger partial charge in [0.2, 0.25) is 17.8 Å². The summed E-state index contributed by atoms with van der Waals surface area (Å²) in [5, 5.41) is 3.22. The standard InChI is InChI=1S/C22H27FN6O2/c1-3-24-19-12-15(2)25-22(26-19)28-10-8-27(9-11-28)21(31)16-13-20(30)29(14-16)18-6-4-17(23)5-7-18/h4-7,12,16H,3,8-11,13-14H2,1-2H3,(H,24,25,26). The predicted molar refractivity (Wildman–Crippen MR) is 117 cm³/mol. The summed E-state index contributed by atoms with van der Waals surface area (Å²) >= 11 is 0. The van der Waals surface area contributed by atoms with Gasteiger partial charge in [0.05, 0.1) is 5.92 Å². The van der Waals surface area contributed by atoms with Crippen LogP contribution in [0.25, 0.3) is 0 Å². The maximum Gasteiger partial charge on any atom is 0.228 e. The van der Waals surface area contributed by atoms with Gasteiger partial charge in [-0.25, -0.2) is 9.37 Å². The van der Waals surface area contributed by atoms with Crippen LogP contribution in [0.15, 0.2) is 30.3 Å². The summed E-state index contributed by atoms with van der Waals surface area (Å²) in [4.78, 5) is 40.1. The minimum Gasteiger partial charge on any atom is -0.370 e. The minimum atomic E-state index is -0.375. The number of benzene rings is 1. The van der Waals surface area contributed by atoms with Crippen molar-refractivity contribution in [1.29, 1.82) is 0 Å². The molecule has 8 nitrogen and oxygen atoms in total. The van der Waals surface area contributed by atoms with Crippen molar-refractivity contribution in [3.63, 3.8) is 0 Å². The number of nitrogens with zero attached hydrogens (tertiary/aromatic N) is 5. The number of aryl methyl sites for hydroxylation is 1. The van der Waals surface area contributed by atoms with Gasteiger partial charge >= 0.3 is 0 Å². The molecule has 164 valence electrons. The van der Waals surface area contributed by atoms with E-state index in [9.17, 15) is 14.0 Å². The summed E-state index contributed by atoms with van der Waals surface area (Å²) < 4.78 is 13.2. The fraction of sp³-hybridized carbons (Fsp3) is 0.455. The number of aromatic nitrogens is 2. The topological polar surface area (TPSA) is 81.7 Å². The molecule has 9 heteroatoms. The molecular formula is C22H27FN6O2. The third kappa shape index (κ3) is 4.60. The zero-order valence-electron chi connectivity index (χ0n) is 17.8. The van der Waals surface area contributed by atoms with Gasteiger partial charge in [0, 0.05) is 63.1 Å². The Hall–Kier alpha value is -3.23. The lowest BCUT2D eigenvalue weighted by Crippen LogP contribution is -2.51. The maximum atomic E-state index is 13.2. The number of hydrogen-bond donors (Lipinski definition) is 1. The average Bonchev–Trinajstić information content (AvgIpc) is 3.15. The van der Waals surface area contributed by atoms with Crippen molar-refractivity contribution in [2.45, 2.75) is 20.3 Å². The normalized spacial score (nSPS) is 19.1. The second-order valence-electron chi connectivity index (χ2n) is 7.92. The van der Waals surface area contributed by atoms with Gasteiger partial charge in [-0.2, -0.15) is 4.98 Å². The summed E-state index contributed by atoms with van der Waals surface area (Å²) in [6.07, 6.45) is 0.184. The third-order valence-corrected chi connectivity index (χ3v) is 5.69. The largest absolute Gasteiger partial charge is 0.370 e. The van der Waals surface area contributed by atoms with Gasteiger partial charge in [-0.15, -0.1) is 0 Å². The lowest BCUT2D eigenvalue weighted by molar-refractivity contribution is -0.136. The van der Waals surface area contributed by atoms with Crippen LogP contribution in [-0.4, -0.2) is 66.0 Å². The van der Waals surface area contributed by atoms with E-state index in [1.54, 1.807) is 17.0 Å². The molecule has 3 heterocycles. The number of hydrogen-bond acceptors (Lipinski definition) is 6. The lowest BCUT2D eigenvalue weighted by atomic mass is 10.1. The van der Waals surface area contributed by atoms with Gasteiger partial charge in [-0.1, -0.05) is 0 Å². The van der Waals surface area contributed by atoms with Gasteiger partial charge in [-0.05, 0) is 38.1 Å². The molecule has 4 rings (SSSR count). The van der Waals surface area contributed by atoms with E-state index >= 15 is 0 Å². The van der Waals surface area contributed by atoms with Gasteiger partial charge < -0.3 is 20.0 Å². The molecule has 1 aromatic carbocycles. The fourth-order valence-electron chi connectivity index (χ4n) is 4.09. The van der Waals surface area contributed by atoms with Gasteiger partial charge in [0.1, 0.15) is 11.6 Å². The zero-order chi connectivity index (χ0) is 22.0. The number of amides is 2. The van der Waals surface area contributed by atoms with E-state index < -0.39 is 0 Å². The van der Waals surface area contributed by atoms with E-state index in [0.717, 1.165) is 18.1 Å². The number of rotatable bonds is 5. The average molecular weight is 426 g/mol. The molecule has 0 spiro atoms. The molecule has 2 aliphatic rings. The fourth-order valence-corrected chi connectivity index (χ4v) is 4.09. The van der Waals surface area contributed by atoms with Crippen molar-refractivity contribution < 1.29 is 14.0 Å². The molecule has 2 aliphatic heterocycles. The Labute approximate surface area is 181 Å². The molecule has 0 aliphatic carbocycles. The van der Waals surface area contributed by atoms with E-state index in [4.69, 9.17) is 0 Å². The molecule has 2 saturated heterocycles. The second-order valence-corrected chi connectivity index (χ2v) is 7.92. The van der Waals surface area contributed by atoms with E-state index in [-0.39, 0.29) is 30.0 Å². The van der Waals surface area contributed by atoms with E-state index in [2.05, 4.69) is 20.2 Å². The molecule has 0 radical (unpaired) electrons. The monoisotopic (exact) mass is 426 g/mol. The van der Waals surface area contributed by atoms with Crippen LogP contribution in [0.1, 0.15) is 19.0 Å². The summed E-state index contributed by atoms with van der Waals surface area (Å²) in [6.45, 7) is 7.49. The van der Waals surface area contributed by atoms with Crippen molar-refractivity contribution >= 4 is 29.3 Å². The highest BCUT2D eigenvalue weighted by Gasteiger charge is 2.38. The van der Waals surface area contributed by atoms with Crippen molar-refractivity contribution in [3.05, 3.63) is 41.8 Å². The Morgan fingerprint density at radius 3 is 2.55 bits per heavy atom. The van der Waals surface area contributed by atoms with Crippen LogP contribution < -0.4 is 15.1 Å². The van der Waals surface area contributed by atoms with E-state index in [0.29, 0.717) is 44.4 Å². The first-order valence-corrected chi connectivity index (χ1v) is 10.6. The Balaban J connectivity index is 1.36. The molecule has 2 amide bonds. The zero-order valence-corrected chi connectivity index (χ0v) is 17.8. The van der Waals surface area contributed by atoms with E-state index in [1.807, 2.05) is 24.8 Å². The first kappa shape index (κ1) is 21.0. The van der Waals surface area contributed by atoms with Crippen LogP contribution >= 0.6 is 0 Å². The van der Waals surface area contributed by atoms with Crippen molar-refractivity contribution in [1.82, 2.24) is 14.9 Å². The van der Waals surface area contributed by atoms with Crippen molar-refractivity contribution in [3.8, 4) is 0 Å². The number of nitrogens with one attached hydrogen (secondary N) is 1. The molecule has 0 saturated carbocycles. The van der Waals surface area contributed by atoms with Crippen LogP contribution in [0.5, 0.6) is 0 Å². The number of piperazine rings is 1. The molecule has 2 fully saturated rings. The first-order valence-electron chi connectivity index (χ1n) is 10.6. The van der Waals surface area contributed by atoms with Crippen LogP contribution in [0, 0.1) is 18.7 Å². The van der Waals surface area contributed by atoms with Gasteiger partial charge in [0.15, 0.2) is 0 Å². The summed E-state index contributed by atoms with van der Waals surface area (Å²) in [5.74, 6) is 0.634. The highest BCUT2D eigenvalue weighted by Crippen LogP contribution is 2.27. The molecule has 0 bridgehead atoms. The number of halogens is 1. The Morgan fingerprint density at radius 2 is 1.87 bits per heavy atom. The Bertz CT molecular complexity index is 959. The smallest absolute Gasteiger partial charge is 0.228 e. The van der Waals surface area contributed by atoms with E-state index in [1.165, 1.54) is 12.1 Å². The molecule has 1 N–H and O–H groups in total. The second kappa shape index (κ2) is 8.87. The first-order chi connectivity index (χ1) is 14.9. The quantitative estimate of drug-likeness (QED) is 0.788. The molecule has 1 aromatic heterocycles. The summed E-state index contributed by atoms with van der Waals surface area (Å²) in [7, 11) is 0. The number of carbonyl (C=O) groups excluding carboxylic acids is 2.